The van der Waals surface area contributed by atoms with Gasteiger partial charge in [0, 0.05) is 37.9 Å². The summed E-state index contributed by atoms with van der Waals surface area (Å²) in [7, 11) is 0. The molecule has 4 rings (SSSR count). The van der Waals surface area contributed by atoms with E-state index in [1.165, 1.54) is 12.4 Å². The third-order valence-corrected chi connectivity index (χ3v) is 5.26. The minimum absolute atomic E-state index is 0.0254. The van der Waals surface area contributed by atoms with Gasteiger partial charge in [-0.2, -0.15) is 13.2 Å². The third-order valence-electron chi connectivity index (χ3n) is 5.26. The van der Waals surface area contributed by atoms with Gasteiger partial charge < -0.3 is 10.2 Å². The number of nitrogens with zero attached hydrogens (tertiary/aromatic N) is 5. The van der Waals surface area contributed by atoms with E-state index in [9.17, 15) is 22.4 Å². The second kappa shape index (κ2) is 9.47. The first kappa shape index (κ1) is 22.6. The zero-order chi connectivity index (χ0) is 23.4. The lowest BCUT2D eigenvalue weighted by molar-refractivity contribution is -0.141. The van der Waals surface area contributed by atoms with E-state index >= 15 is 0 Å². The maximum atomic E-state index is 14.9. The lowest BCUT2D eigenvalue weighted by Gasteiger charge is -2.34. The van der Waals surface area contributed by atoms with Crippen LogP contribution in [0.3, 0.4) is 0 Å². The fourth-order valence-electron chi connectivity index (χ4n) is 3.72. The molecule has 1 amide bonds. The summed E-state index contributed by atoms with van der Waals surface area (Å²) in [5, 5.41) is 3.03. The van der Waals surface area contributed by atoms with Crippen LogP contribution in [-0.2, 0) is 11.0 Å². The van der Waals surface area contributed by atoms with Crippen molar-refractivity contribution in [3.63, 3.8) is 0 Å². The lowest BCUT2D eigenvalue weighted by atomic mass is 9.99. The van der Waals surface area contributed by atoms with Gasteiger partial charge in [-0.25, -0.2) is 24.3 Å². The van der Waals surface area contributed by atoms with Gasteiger partial charge in [0.15, 0.2) is 11.5 Å². The zero-order valence-electron chi connectivity index (χ0n) is 17.4. The third kappa shape index (κ3) is 5.24. The summed E-state index contributed by atoms with van der Waals surface area (Å²) < 4.78 is 52.9. The van der Waals surface area contributed by atoms with Crippen LogP contribution >= 0.6 is 0 Å². The highest BCUT2D eigenvalue weighted by molar-refractivity contribution is 6.09. The molecule has 33 heavy (non-hydrogen) atoms. The van der Waals surface area contributed by atoms with Crippen molar-refractivity contribution in [3.8, 4) is 0 Å². The molecule has 0 aromatic carbocycles. The summed E-state index contributed by atoms with van der Waals surface area (Å²) in [5.41, 5.74) is -0.858. The average Bonchev–Trinajstić information content (AvgIpc) is 3.00. The van der Waals surface area contributed by atoms with E-state index in [-0.39, 0.29) is 47.7 Å². The first-order chi connectivity index (χ1) is 15.8. The van der Waals surface area contributed by atoms with Crippen molar-refractivity contribution in [1.29, 1.82) is 0 Å². The molecule has 2 aromatic heterocycles. The minimum atomic E-state index is -4.57. The van der Waals surface area contributed by atoms with Gasteiger partial charge in [-0.15, -0.1) is 0 Å². The molecule has 2 aliphatic rings. The Kier molecular flexibility index (Phi) is 6.47. The summed E-state index contributed by atoms with van der Waals surface area (Å²) in [5.74, 6) is -0.557. The minimum Gasteiger partial charge on any atom is -0.364 e. The number of hydrogen-bond acceptors (Lipinski definition) is 6. The standard InChI is InChI=1S/C22H20F4N6O/c23-16-7-2-1-6-15(19(16)20-27-8-4-9-28-20)21(33)32-10-3-5-14(13-32)31-18-12-29-17(11-30-18)22(24,25)26/h1-2,4,6,8-9,11-12,14H,3,5,7,10,13H2,(H,30,31). The van der Waals surface area contributed by atoms with E-state index in [4.69, 9.17) is 0 Å². The molecule has 1 aliphatic heterocycles. The molecule has 0 bridgehead atoms. The number of carbonyl (C=O) groups excluding carboxylic acids is 1. The number of alkyl halides is 3. The molecule has 0 spiro atoms. The van der Waals surface area contributed by atoms with Crippen LogP contribution in [0.1, 0.15) is 30.8 Å². The number of amides is 1. The summed E-state index contributed by atoms with van der Waals surface area (Å²) in [4.78, 5) is 30.4. The Morgan fingerprint density at radius 2 is 1.91 bits per heavy atom. The normalized spacial score (nSPS) is 19.2. The molecule has 1 atom stereocenters. The number of hydrogen-bond donors (Lipinski definition) is 1. The van der Waals surface area contributed by atoms with Crippen molar-refractivity contribution in [2.45, 2.75) is 31.5 Å². The van der Waals surface area contributed by atoms with Gasteiger partial charge in [0.05, 0.1) is 23.5 Å². The van der Waals surface area contributed by atoms with E-state index in [0.717, 1.165) is 6.20 Å². The van der Waals surface area contributed by atoms with E-state index in [1.54, 1.807) is 29.2 Å². The largest absolute Gasteiger partial charge is 0.434 e. The van der Waals surface area contributed by atoms with Gasteiger partial charge in [-0.05, 0) is 25.0 Å². The number of allylic oxidation sites excluding steroid dienone is 4. The Bertz CT molecular complexity index is 1100. The molecule has 3 heterocycles. The highest BCUT2D eigenvalue weighted by Gasteiger charge is 2.33. The molecule has 2 aromatic rings. The Hall–Kier alpha value is -3.63. The molecule has 1 saturated heterocycles. The van der Waals surface area contributed by atoms with Gasteiger partial charge in [0.2, 0.25) is 0 Å². The predicted octanol–water partition coefficient (Wildman–Crippen LogP) is 3.96. The number of carbonyl (C=O) groups is 1. The quantitative estimate of drug-likeness (QED) is 0.696. The highest BCUT2D eigenvalue weighted by atomic mass is 19.4. The second-order valence-electron chi connectivity index (χ2n) is 7.58. The van der Waals surface area contributed by atoms with Crippen molar-refractivity contribution >= 4 is 17.3 Å². The lowest BCUT2D eigenvalue weighted by Crippen LogP contribution is -2.46. The Morgan fingerprint density at radius 3 is 2.61 bits per heavy atom. The van der Waals surface area contributed by atoms with E-state index in [0.29, 0.717) is 25.6 Å². The van der Waals surface area contributed by atoms with E-state index in [1.807, 2.05) is 0 Å². The maximum absolute atomic E-state index is 14.9. The van der Waals surface area contributed by atoms with Crippen LogP contribution in [0.15, 0.2) is 60.5 Å². The summed E-state index contributed by atoms with van der Waals surface area (Å²) in [6.07, 6.45) is 6.24. The Labute approximate surface area is 187 Å². The van der Waals surface area contributed by atoms with Crippen LogP contribution < -0.4 is 5.32 Å². The van der Waals surface area contributed by atoms with Crippen molar-refractivity contribution in [1.82, 2.24) is 24.8 Å². The second-order valence-corrected chi connectivity index (χ2v) is 7.58. The van der Waals surface area contributed by atoms with Gasteiger partial charge in [0.1, 0.15) is 11.6 Å². The summed E-state index contributed by atoms with van der Waals surface area (Å²) in [6.45, 7) is 0.731. The molecular weight excluding hydrogens is 440 g/mol. The van der Waals surface area contributed by atoms with E-state index < -0.39 is 17.7 Å². The monoisotopic (exact) mass is 460 g/mol. The predicted molar refractivity (Wildman–Crippen MR) is 112 cm³/mol. The number of halogens is 4. The molecular formula is C22H20F4N6O. The van der Waals surface area contributed by atoms with Crippen molar-refractivity contribution in [2.24, 2.45) is 0 Å². The number of aromatic nitrogens is 4. The van der Waals surface area contributed by atoms with Crippen LogP contribution in [0, 0.1) is 0 Å². The van der Waals surface area contributed by atoms with Crippen molar-refractivity contribution in [2.75, 3.05) is 18.4 Å². The molecule has 172 valence electrons. The van der Waals surface area contributed by atoms with Gasteiger partial charge >= 0.3 is 6.18 Å². The first-order valence-corrected chi connectivity index (χ1v) is 10.3. The van der Waals surface area contributed by atoms with Crippen LogP contribution in [0.25, 0.3) is 5.57 Å². The smallest absolute Gasteiger partial charge is 0.364 e. The highest BCUT2D eigenvalue weighted by Crippen LogP contribution is 2.31. The molecule has 7 nitrogen and oxygen atoms in total. The Balaban J connectivity index is 1.50. The summed E-state index contributed by atoms with van der Waals surface area (Å²) >= 11 is 0. The number of anilines is 1. The fraction of sp³-hybridized carbons (Fsp3) is 0.318. The van der Waals surface area contributed by atoms with Gasteiger partial charge in [-0.3, -0.25) is 4.79 Å². The molecule has 1 aliphatic carbocycles. The number of piperidine rings is 1. The summed E-state index contributed by atoms with van der Waals surface area (Å²) in [6, 6.07) is 1.36. The van der Waals surface area contributed by atoms with E-state index in [2.05, 4.69) is 25.3 Å². The van der Waals surface area contributed by atoms with Crippen molar-refractivity contribution < 1.29 is 22.4 Å². The molecule has 11 heteroatoms. The molecule has 1 N–H and O–H groups in total. The number of rotatable bonds is 4. The average molecular weight is 460 g/mol. The molecule has 0 saturated carbocycles. The molecule has 1 fully saturated rings. The number of likely N-dealkylation sites (tertiary alicyclic amines) is 1. The maximum Gasteiger partial charge on any atom is 0.434 e. The Morgan fingerprint density at radius 1 is 1.12 bits per heavy atom. The van der Waals surface area contributed by atoms with Crippen LogP contribution in [0.5, 0.6) is 0 Å². The first-order valence-electron chi connectivity index (χ1n) is 10.3. The van der Waals surface area contributed by atoms with Crippen LogP contribution in [-0.4, -0.2) is 49.9 Å². The topological polar surface area (TPSA) is 83.9 Å². The van der Waals surface area contributed by atoms with Crippen LogP contribution in [0.2, 0.25) is 0 Å². The zero-order valence-corrected chi connectivity index (χ0v) is 17.4. The molecule has 0 radical (unpaired) electrons. The molecule has 1 unspecified atom stereocenters. The van der Waals surface area contributed by atoms with Crippen LogP contribution in [0.4, 0.5) is 23.4 Å². The number of nitrogens with one attached hydrogen (secondary N) is 1. The van der Waals surface area contributed by atoms with Gasteiger partial charge in [-0.1, -0.05) is 12.2 Å². The van der Waals surface area contributed by atoms with Crippen molar-refractivity contribution in [3.05, 3.63) is 72.0 Å². The fourth-order valence-corrected chi connectivity index (χ4v) is 3.72. The van der Waals surface area contributed by atoms with Gasteiger partial charge in [0.25, 0.3) is 5.91 Å². The SMILES string of the molecule is O=C(C1=CC=CCC(F)=C1c1ncccn1)N1CCCC(Nc2cnc(C(F)(F)F)cn2)C1.